The van der Waals surface area contributed by atoms with E-state index in [9.17, 15) is 0 Å². The highest BCUT2D eigenvalue weighted by Crippen LogP contribution is 2.26. The fourth-order valence-corrected chi connectivity index (χ4v) is 2.00. The second-order valence-corrected chi connectivity index (χ2v) is 4.51. The second kappa shape index (κ2) is 5.77. The topological polar surface area (TPSA) is 35.8 Å². The van der Waals surface area contributed by atoms with Gasteiger partial charge in [0.05, 0.1) is 21.3 Å². The van der Waals surface area contributed by atoms with Crippen molar-refractivity contribution in [1.82, 2.24) is 0 Å². The number of rotatable bonds is 3. The maximum atomic E-state index is 8.98. The number of benzene rings is 2. The normalized spacial score (nSPS) is 9.83. The van der Waals surface area contributed by atoms with E-state index in [0.717, 1.165) is 11.3 Å². The van der Waals surface area contributed by atoms with Crippen LogP contribution >= 0.6 is 23.2 Å². The smallest absolute Gasteiger partial charge is 0.101 e. The summed E-state index contributed by atoms with van der Waals surface area (Å²) in [6.07, 6.45) is 0. The van der Waals surface area contributed by atoms with Crippen LogP contribution in [0, 0.1) is 11.3 Å². The Labute approximate surface area is 116 Å². The van der Waals surface area contributed by atoms with Gasteiger partial charge in [0.15, 0.2) is 0 Å². The largest absolute Gasteiger partial charge is 0.380 e. The Morgan fingerprint density at radius 1 is 1.06 bits per heavy atom. The lowest BCUT2D eigenvalue weighted by atomic mass is 10.1. The van der Waals surface area contributed by atoms with Gasteiger partial charge in [-0.1, -0.05) is 47.5 Å². The number of hydrogen-bond donors (Lipinski definition) is 1. The first-order valence-electron chi connectivity index (χ1n) is 5.38. The Hall–Kier alpha value is -1.69. The number of para-hydroxylation sites is 1. The zero-order valence-electron chi connectivity index (χ0n) is 9.45. The molecule has 90 valence electrons. The fourth-order valence-electron chi connectivity index (χ4n) is 1.61. The van der Waals surface area contributed by atoms with Crippen LogP contribution in [0.3, 0.4) is 0 Å². The van der Waals surface area contributed by atoms with Crippen molar-refractivity contribution < 1.29 is 0 Å². The molecule has 2 aromatic rings. The van der Waals surface area contributed by atoms with Gasteiger partial charge in [-0.05, 0) is 23.8 Å². The summed E-state index contributed by atoms with van der Waals surface area (Å²) in [4.78, 5) is 0. The lowest BCUT2D eigenvalue weighted by Gasteiger charge is -2.10. The van der Waals surface area contributed by atoms with Gasteiger partial charge in [-0.3, -0.25) is 0 Å². The molecular formula is C14H10Cl2N2. The zero-order chi connectivity index (χ0) is 13.0. The first kappa shape index (κ1) is 12.8. The first-order chi connectivity index (χ1) is 8.72. The summed E-state index contributed by atoms with van der Waals surface area (Å²) in [5, 5.41) is 13.2. The average molecular weight is 277 g/mol. The van der Waals surface area contributed by atoms with Crippen LogP contribution in [0.15, 0.2) is 42.5 Å². The van der Waals surface area contributed by atoms with Crippen molar-refractivity contribution in [2.24, 2.45) is 0 Å². The van der Waals surface area contributed by atoms with E-state index in [1.807, 2.05) is 30.3 Å². The third-order valence-corrected chi connectivity index (χ3v) is 3.41. The molecule has 0 saturated heterocycles. The van der Waals surface area contributed by atoms with E-state index in [-0.39, 0.29) is 0 Å². The third-order valence-electron chi connectivity index (χ3n) is 2.55. The van der Waals surface area contributed by atoms with E-state index < -0.39 is 0 Å². The van der Waals surface area contributed by atoms with Gasteiger partial charge in [-0.25, -0.2) is 0 Å². The van der Waals surface area contributed by atoms with E-state index >= 15 is 0 Å². The van der Waals surface area contributed by atoms with Crippen LogP contribution in [0.5, 0.6) is 0 Å². The van der Waals surface area contributed by atoms with Crippen LogP contribution in [-0.2, 0) is 6.54 Å². The Balaban J connectivity index is 2.17. The fraction of sp³-hybridized carbons (Fsp3) is 0.0714. The highest BCUT2D eigenvalue weighted by Gasteiger charge is 2.05. The van der Waals surface area contributed by atoms with Gasteiger partial charge in [-0.15, -0.1) is 0 Å². The number of anilines is 1. The summed E-state index contributed by atoms with van der Waals surface area (Å²) in [7, 11) is 0. The van der Waals surface area contributed by atoms with Crippen LogP contribution in [0.2, 0.25) is 10.0 Å². The number of nitriles is 1. The van der Waals surface area contributed by atoms with Crippen LogP contribution in [0.1, 0.15) is 11.1 Å². The van der Waals surface area contributed by atoms with E-state index in [1.165, 1.54) is 0 Å². The minimum Gasteiger partial charge on any atom is -0.380 e. The number of hydrogen-bond acceptors (Lipinski definition) is 2. The number of nitrogens with one attached hydrogen (secondary N) is 1. The van der Waals surface area contributed by atoms with Crippen molar-refractivity contribution in [3.05, 3.63) is 63.6 Å². The Kier molecular flexibility index (Phi) is 4.09. The van der Waals surface area contributed by atoms with E-state index in [4.69, 9.17) is 28.5 Å². The van der Waals surface area contributed by atoms with Gasteiger partial charge in [0.25, 0.3) is 0 Å². The molecule has 0 aliphatic heterocycles. The molecule has 0 radical (unpaired) electrons. The summed E-state index contributed by atoms with van der Waals surface area (Å²) >= 11 is 12.0. The van der Waals surface area contributed by atoms with E-state index in [2.05, 4.69) is 11.4 Å². The number of nitrogens with zero attached hydrogens (tertiary/aromatic N) is 1. The van der Waals surface area contributed by atoms with Crippen molar-refractivity contribution in [3.8, 4) is 6.07 Å². The molecule has 0 heterocycles. The molecule has 0 fully saturated rings. The molecule has 2 aromatic carbocycles. The Morgan fingerprint density at radius 3 is 2.61 bits per heavy atom. The molecule has 0 saturated carbocycles. The lowest BCUT2D eigenvalue weighted by Crippen LogP contribution is -2.01. The molecular weight excluding hydrogens is 267 g/mol. The molecule has 18 heavy (non-hydrogen) atoms. The van der Waals surface area contributed by atoms with Gasteiger partial charge in [-0.2, -0.15) is 5.26 Å². The van der Waals surface area contributed by atoms with Crippen molar-refractivity contribution in [2.45, 2.75) is 6.54 Å². The maximum Gasteiger partial charge on any atom is 0.101 e. The average Bonchev–Trinajstić information content (AvgIpc) is 2.41. The molecule has 4 heteroatoms. The molecule has 2 nitrogen and oxygen atoms in total. The van der Waals surface area contributed by atoms with E-state index in [1.54, 1.807) is 12.1 Å². The Morgan fingerprint density at radius 2 is 1.83 bits per heavy atom. The molecule has 0 spiro atoms. The summed E-state index contributed by atoms with van der Waals surface area (Å²) in [6, 6.07) is 15.0. The van der Waals surface area contributed by atoms with Crippen molar-refractivity contribution in [2.75, 3.05) is 5.32 Å². The minimum atomic E-state index is 0.526. The molecule has 0 amide bonds. The monoisotopic (exact) mass is 276 g/mol. The van der Waals surface area contributed by atoms with Crippen LogP contribution in [0.25, 0.3) is 0 Å². The molecule has 0 aliphatic rings. The minimum absolute atomic E-state index is 0.526. The molecule has 0 unspecified atom stereocenters. The summed E-state index contributed by atoms with van der Waals surface area (Å²) in [5.74, 6) is 0. The van der Waals surface area contributed by atoms with Crippen molar-refractivity contribution in [3.63, 3.8) is 0 Å². The molecule has 0 aromatic heterocycles. The van der Waals surface area contributed by atoms with Gasteiger partial charge in [0.2, 0.25) is 0 Å². The quantitative estimate of drug-likeness (QED) is 0.898. The molecule has 2 rings (SSSR count). The van der Waals surface area contributed by atoms with Gasteiger partial charge in [0, 0.05) is 6.54 Å². The molecule has 0 aliphatic carbocycles. The van der Waals surface area contributed by atoms with Crippen LogP contribution in [0.4, 0.5) is 5.69 Å². The SMILES string of the molecule is N#Cc1ccccc1NCc1cccc(Cl)c1Cl. The maximum absolute atomic E-state index is 8.98. The van der Waals surface area contributed by atoms with Gasteiger partial charge < -0.3 is 5.32 Å². The van der Waals surface area contributed by atoms with E-state index in [0.29, 0.717) is 22.2 Å². The highest BCUT2D eigenvalue weighted by molar-refractivity contribution is 6.42. The molecule has 0 atom stereocenters. The van der Waals surface area contributed by atoms with Crippen molar-refractivity contribution in [1.29, 1.82) is 5.26 Å². The zero-order valence-corrected chi connectivity index (χ0v) is 11.0. The first-order valence-corrected chi connectivity index (χ1v) is 6.14. The van der Waals surface area contributed by atoms with Crippen molar-refractivity contribution >= 4 is 28.9 Å². The highest BCUT2D eigenvalue weighted by atomic mass is 35.5. The van der Waals surface area contributed by atoms with Gasteiger partial charge in [0.1, 0.15) is 6.07 Å². The predicted octanol–water partition coefficient (Wildman–Crippen LogP) is 4.48. The summed E-state index contributed by atoms with van der Waals surface area (Å²) in [6.45, 7) is 0.526. The van der Waals surface area contributed by atoms with Crippen LogP contribution < -0.4 is 5.32 Å². The third kappa shape index (κ3) is 2.76. The number of halogens is 2. The molecule has 1 N–H and O–H groups in total. The Bertz CT molecular complexity index is 603. The lowest BCUT2D eigenvalue weighted by molar-refractivity contribution is 1.15. The molecule has 0 bridgehead atoms. The summed E-state index contributed by atoms with van der Waals surface area (Å²) < 4.78 is 0. The van der Waals surface area contributed by atoms with Gasteiger partial charge >= 0.3 is 0 Å². The predicted molar refractivity (Wildman–Crippen MR) is 74.9 cm³/mol. The standard InChI is InChI=1S/C14H10Cl2N2/c15-12-6-3-5-11(14(12)16)9-18-13-7-2-1-4-10(13)8-17/h1-7,18H,9H2. The van der Waals surface area contributed by atoms with Crippen LogP contribution in [-0.4, -0.2) is 0 Å². The second-order valence-electron chi connectivity index (χ2n) is 3.72. The summed E-state index contributed by atoms with van der Waals surface area (Å²) in [5.41, 5.74) is 2.30.